The summed E-state index contributed by atoms with van der Waals surface area (Å²) < 4.78 is 10.2. The molecule has 0 aliphatic carbocycles. The van der Waals surface area contributed by atoms with Crippen LogP contribution in [0.1, 0.15) is 28.8 Å². The Balaban J connectivity index is 1.46. The van der Waals surface area contributed by atoms with Crippen LogP contribution in [0.4, 0.5) is 5.69 Å². The van der Waals surface area contributed by atoms with Crippen LogP contribution in [0, 0.1) is 16.0 Å². The van der Waals surface area contributed by atoms with Crippen LogP contribution in [0.15, 0.2) is 42.5 Å². The van der Waals surface area contributed by atoms with Gasteiger partial charge in [-0.1, -0.05) is 12.1 Å². The molecule has 1 N–H and O–H groups in total. The Morgan fingerprint density at radius 3 is 2.43 bits per heavy atom. The number of rotatable bonds is 8. The lowest BCUT2D eigenvalue weighted by Gasteiger charge is -2.32. The van der Waals surface area contributed by atoms with Crippen LogP contribution in [0.25, 0.3) is 0 Å². The molecule has 8 nitrogen and oxygen atoms in total. The first kappa shape index (κ1) is 21.6. The van der Waals surface area contributed by atoms with Crippen LogP contribution < -0.4 is 14.8 Å². The summed E-state index contributed by atoms with van der Waals surface area (Å²) in [5, 5.41) is 14.1. The Bertz CT molecular complexity index is 877. The fourth-order valence-corrected chi connectivity index (χ4v) is 3.65. The lowest BCUT2D eigenvalue weighted by molar-refractivity contribution is -0.385. The summed E-state index contributed by atoms with van der Waals surface area (Å²) >= 11 is 0. The fraction of sp³-hybridized carbons (Fsp3) is 0.409. The minimum absolute atomic E-state index is 0.140. The number of nitro benzene ring substituents is 1. The highest BCUT2D eigenvalue weighted by Crippen LogP contribution is 2.27. The van der Waals surface area contributed by atoms with Crippen molar-refractivity contribution in [2.24, 2.45) is 5.92 Å². The van der Waals surface area contributed by atoms with Crippen molar-refractivity contribution in [2.45, 2.75) is 19.4 Å². The standard InChI is InChI=1S/C22H27N3O5/c1-29-19-6-3-17(4-7-19)15-24-11-9-16(10-12-24)14-23-22(26)18-5-8-21(30-2)20(13-18)25(27)28/h3-8,13,16H,9-12,14-15H2,1-2H3,(H,23,26). The number of benzene rings is 2. The molecule has 8 heteroatoms. The van der Waals surface area contributed by atoms with Crippen LogP contribution >= 0.6 is 0 Å². The van der Waals surface area contributed by atoms with E-state index in [-0.39, 0.29) is 22.9 Å². The molecule has 2 aromatic carbocycles. The molecule has 1 amide bonds. The van der Waals surface area contributed by atoms with Crippen LogP contribution in [0.3, 0.4) is 0 Å². The summed E-state index contributed by atoms with van der Waals surface area (Å²) in [6, 6.07) is 12.4. The molecule has 1 heterocycles. The Kier molecular flexibility index (Phi) is 7.24. The topological polar surface area (TPSA) is 93.9 Å². The van der Waals surface area contributed by atoms with E-state index in [1.165, 1.54) is 24.8 Å². The van der Waals surface area contributed by atoms with Crippen molar-refractivity contribution < 1.29 is 19.2 Å². The van der Waals surface area contributed by atoms with E-state index in [9.17, 15) is 14.9 Å². The molecule has 2 aromatic rings. The Labute approximate surface area is 175 Å². The average Bonchev–Trinajstić information content (AvgIpc) is 2.78. The monoisotopic (exact) mass is 413 g/mol. The second-order valence-electron chi connectivity index (χ2n) is 7.42. The van der Waals surface area contributed by atoms with E-state index in [4.69, 9.17) is 9.47 Å². The quantitative estimate of drug-likeness (QED) is 0.527. The molecule has 1 aliphatic heterocycles. The second kappa shape index (κ2) is 10.1. The van der Waals surface area contributed by atoms with Gasteiger partial charge >= 0.3 is 5.69 Å². The summed E-state index contributed by atoms with van der Waals surface area (Å²) in [6.45, 7) is 3.41. The summed E-state index contributed by atoms with van der Waals surface area (Å²) in [6.07, 6.45) is 2.00. The van der Waals surface area contributed by atoms with E-state index < -0.39 is 4.92 Å². The predicted molar refractivity (Wildman–Crippen MR) is 113 cm³/mol. The van der Waals surface area contributed by atoms with Gasteiger partial charge in [0.05, 0.1) is 19.1 Å². The number of carbonyl (C=O) groups excluding carboxylic acids is 1. The molecule has 0 bridgehead atoms. The Morgan fingerprint density at radius 1 is 1.13 bits per heavy atom. The van der Waals surface area contributed by atoms with Gasteiger partial charge in [-0.25, -0.2) is 0 Å². The molecule has 0 saturated carbocycles. The summed E-state index contributed by atoms with van der Waals surface area (Å²) in [5.41, 5.74) is 1.31. The normalized spacial score (nSPS) is 14.9. The lowest BCUT2D eigenvalue weighted by Crippen LogP contribution is -2.38. The van der Waals surface area contributed by atoms with Gasteiger partial charge in [-0.15, -0.1) is 0 Å². The van der Waals surface area contributed by atoms with Crippen LogP contribution in [-0.2, 0) is 6.54 Å². The molecule has 0 aromatic heterocycles. The number of likely N-dealkylation sites (tertiary alicyclic amines) is 1. The molecule has 3 rings (SSSR count). The van der Waals surface area contributed by atoms with Gasteiger partial charge in [-0.2, -0.15) is 0 Å². The summed E-state index contributed by atoms with van der Waals surface area (Å²) in [7, 11) is 3.03. The largest absolute Gasteiger partial charge is 0.497 e. The molecule has 0 unspecified atom stereocenters. The van der Waals surface area contributed by atoms with Crippen molar-refractivity contribution in [3.63, 3.8) is 0 Å². The number of amides is 1. The molecule has 1 fully saturated rings. The molecule has 0 spiro atoms. The van der Waals surface area contributed by atoms with Gasteiger partial charge in [0, 0.05) is 24.7 Å². The minimum atomic E-state index is -0.547. The van der Waals surface area contributed by atoms with Gasteiger partial charge in [0.25, 0.3) is 5.91 Å². The van der Waals surface area contributed by atoms with Crippen LogP contribution in [0.5, 0.6) is 11.5 Å². The SMILES string of the molecule is COc1ccc(CN2CCC(CNC(=O)c3ccc(OC)c([N+](=O)[O-])c3)CC2)cc1. The van der Waals surface area contributed by atoms with Crippen molar-refractivity contribution >= 4 is 11.6 Å². The number of hydrogen-bond donors (Lipinski definition) is 1. The highest BCUT2D eigenvalue weighted by atomic mass is 16.6. The molecule has 1 saturated heterocycles. The molecular weight excluding hydrogens is 386 g/mol. The zero-order valence-corrected chi connectivity index (χ0v) is 17.3. The van der Waals surface area contributed by atoms with Crippen molar-refractivity contribution in [3.8, 4) is 11.5 Å². The minimum Gasteiger partial charge on any atom is -0.497 e. The van der Waals surface area contributed by atoms with Gasteiger partial charge in [0.15, 0.2) is 5.75 Å². The first-order chi connectivity index (χ1) is 14.5. The van der Waals surface area contributed by atoms with Crippen LogP contribution in [-0.4, -0.2) is 49.6 Å². The zero-order valence-electron chi connectivity index (χ0n) is 17.3. The van der Waals surface area contributed by atoms with Gasteiger partial charge in [-0.05, 0) is 61.7 Å². The third-order valence-electron chi connectivity index (χ3n) is 5.46. The zero-order chi connectivity index (χ0) is 21.5. The third kappa shape index (κ3) is 5.48. The smallest absolute Gasteiger partial charge is 0.311 e. The fourth-order valence-electron chi connectivity index (χ4n) is 3.65. The second-order valence-corrected chi connectivity index (χ2v) is 7.42. The van der Waals surface area contributed by atoms with E-state index in [1.54, 1.807) is 13.2 Å². The highest BCUT2D eigenvalue weighted by Gasteiger charge is 2.22. The van der Waals surface area contributed by atoms with Gasteiger partial charge in [-0.3, -0.25) is 19.8 Å². The van der Waals surface area contributed by atoms with E-state index in [0.717, 1.165) is 38.2 Å². The van der Waals surface area contributed by atoms with Crippen molar-refractivity contribution in [1.29, 1.82) is 0 Å². The summed E-state index contributed by atoms with van der Waals surface area (Å²) in [4.78, 5) is 25.4. The van der Waals surface area contributed by atoms with Crippen molar-refractivity contribution in [2.75, 3.05) is 33.9 Å². The number of methoxy groups -OCH3 is 2. The van der Waals surface area contributed by atoms with E-state index in [2.05, 4.69) is 22.3 Å². The van der Waals surface area contributed by atoms with E-state index >= 15 is 0 Å². The molecule has 1 aliphatic rings. The van der Waals surface area contributed by atoms with Gasteiger partial charge in [0.2, 0.25) is 0 Å². The number of nitrogens with one attached hydrogen (secondary N) is 1. The van der Waals surface area contributed by atoms with E-state index in [0.29, 0.717) is 12.5 Å². The molecule has 0 atom stereocenters. The number of ether oxygens (including phenoxy) is 2. The van der Waals surface area contributed by atoms with Crippen molar-refractivity contribution in [1.82, 2.24) is 10.2 Å². The number of hydrogen-bond acceptors (Lipinski definition) is 6. The summed E-state index contributed by atoms with van der Waals surface area (Å²) in [5.74, 6) is 1.09. The third-order valence-corrected chi connectivity index (χ3v) is 5.46. The number of carbonyl (C=O) groups is 1. The van der Waals surface area contributed by atoms with Gasteiger partial charge in [0.1, 0.15) is 5.75 Å². The number of nitrogens with zero attached hydrogens (tertiary/aromatic N) is 2. The first-order valence-electron chi connectivity index (χ1n) is 9.96. The first-order valence-corrected chi connectivity index (χ1v) is 9.96. The maximum atomic E-state index is 12.4. The highest BCUT2D eigenvalue weighted by molar-refractivity contribution is 5.95. The average molecular weight is 413 g/mol. The number of piperidine rings is 1. The Hall–Kier alpha value is -3.13. The lowest BCUT2D eigenvalue weighted by atomic mass is 9.96. The van der Waals surface area contributed by atoms with Crippen molar-refractivity contribution in [3.05, 3.63) is 63.7 Å². The maximum absolute atomic E-state index is 12.4. The number of nitro groups is 1. The van der Waals surface area contributed by atoms with E-state index in [1.807, 2.05) is 12.1 Å². The molecule has 0 radical (unpaired) electrons. The van der Waals surface area contributed by atoms with Gasteiger partial charge < -0.3 is 14.8 Å². The van der Waals surface area contributed by atoms with Crippen LogP contribution in [0.2, 0.25) is 0 Å². The molecular formula is C22H27N3O5. The predicted octanol–water partition coefficient (Wildman–Crippen LogP) is 3.25. The molecule has 30 heavy (non-hydrogen) atoms. The maximum Gasteiger partial charge on any atom is 0.311 e. The molecule has 160 valence electrons. The Morgan fingerprint density at radius 2 is 1.83 bits per heavy atom.